The molecule has 0 bridgehead atoms. The minimum atomic E-state index is -1.57. The summed E-state index contributed by atoms with van der Waals surface area (Å²) in [7, 11) is 1.66. The summed E-state index contributed by atoms with van der Waals surface area (Å²) in [6.45, 7) is 0.511. The van der Waals surface area contributed by atoms with Crippen molar-refractivity contribution in [2.24, 2.45) is 0 Å². The number of benzene rings is 1. The van der Waals surface area contributed by atoms with Crippen LogP contribution in [0.25, 0.3) is 11.3 Å². The maximum Gasteiger partial charge on any atom is 0.262 e. The van der Waals surface area contributed by atoms with Gasteiger partial charge in [-0.15, -0.1) is 0 Å². The van der Waals surface area contributed by atoms with Gasteiger partial charge in [0, 0.05) is 31.6 Å². The number of rotatable bonds is 2. The monoisotopic (exact) mass is 258 g/mol. The van der Waals surface area contributed by atoms with E-state index in [0.29, 0.717) is 18.7 Å². The Labute approximate surface area is 110 Å². The lowest BCUT2D eigenvalue weighted by Gasteiger charge is -2.16. The van der Waals surface area contributed by atoms with Crippen LogP contribution >= 0.6 is 0 Å². The Hall–Kier alpha value is -2.14. The Morgan fingerprint density at radius 2 is 2.11 bits per heavy atom. The van der Waals surface area contributed by atoms with Crippen molar-refractivity contribution >= 4 is 5.91 Å². The molecule has 1 aliphatic rings. The highest BCUT2D eigenvalue weighted by molar-refractivity contribution is 5.87. The largest absolute Gasteiger partial charge is 0.373 e. The van der Waals surface area contributed by atoms with Gasteiger partial charge in [-0.3, -0.25) is 4.79 Å². The maximum atomic E-state index is 12.0. The van der Waals surface area contributed by atoms with E-state index in [9.17, 15) is 9.90 Å². The number of nitrogens with zero attached hydrogens (tertiary/aromatic N) is 2. The molecule has 1 aromatic carbocycles. The first kappa shape index (κ1) is 11.9. The van der Waals surface area contributed by atoms with E-state index in [1.165, 1.54) is 4.90 Å². The second-order valence-electron chi connectivity index (χ2n) is 4.78. The number of aliphatic hydroxyl groups is 1. The highest BCUT2D eigenvalue weighted by atomic mass is 16.5. The van der Waals surface area contributed by atoms with Gasteiger partial charge in [-0.2, -0.15) is 0 Å². The first-order chi connectivity index (χ1) is 9.11. The van der Waals surface area contributed by atoms with Crippen molar-refractivity contribution < 1.29 is 14.4 Å². The van der Waals surface area contributed by atoms with E-state index in [-0.39, 0.29) is 11.7 Å². The fourth-order valence-corrected chi connectivity index (χ4v) is 2.30. The number of likely N-dealkylation sites (tertiary alicyclic amines) is 1. The predicted octanol–water partition coefficient (Wildman–Crippen LogP) is 1.39. The summed E-state index contributed by atoms with van der Waals surface area (Å²) in [5.74, 6) is -0.135. The van der Waals surface area contributed by atoms with Crippen molar-refractivity contribution in [2.45, 2.75) is 12.0 Å². The molecule has 5 heteroatoms. The molecule has 1 aliphatic heterocycles. The number of amides is 1. The molecule has 1 atom stereocenters. The van der Waals surface area contributed by atoms with E-state index < -0.39 is 5.60 Å². The van der Waals surface area contributed by atoms with Gasteiger partial charge in [-0.25, -0.2) is 0 Å². The molecule has 0 radical (unpaired) electrons. The van der Waals surface area contributed by atoms with Crippen molar-refractivity contribution in [1.82, 2.24) is 10.1 Å². The lowest BCUT2D eigenvalue weighted by molar-refractivity contribution is -0.144. The van der Waals surface area contributed by atoms with Crippen molar-refractivity contribution in [1.29, 1.82) is 0 Å². The molecule has 1 aromatic heterocycles. The normalized spacial score (nSPS) is 23.1. The molecule has 1 amide bonds. The van der Waals surface area contributed by atoms with Gasteiger partial charge >= 0.3 is 0 Å². The molecule has 1 fully saturated rings. The molecular formula is C14H14N2O3. The fraction of sp³-hybridized carbons (Fsp3) is 0.286. The Morgan fingerprint density at radius 1 is 1.37 bits per heavy atom. The molecule has 0 aliphatic carbocycles. The average molecular weight is 258 g/mol. The molecule has 0 spiro atoms. The van der Waals surface area contributed by atoms with Gasteiger partial charge in [0.25, 0.3) is 5.91 Å². The zero-order valence-corrected chi connectivity index (χ0v) is 10.5. The molecule has 0 saturated carbocycles. The summed E-state index contributed by atoms with van der Waals surface area (Å²) in [5, 5.41) is 14.4. The third-order valence-electron chi connectivity index (χ3n) is 3.50. The van der Waals surface area contributed by atoms with Gasteiger partial charge in [0.15, 0.2) is 5.76 Å². The molecular weight excluding hydrogens is 244 g/mol. The molecule has 0 unspecified atom stereocenters. The Balaban J connectivity index is 1.96. The first-order valence-electron chi connectivity index (χ1n) is 6.12. The minimum Gasteiger partial charge on any atom is -0.373 e. The van der Waals surface area contributed by atoms with E-state index in [1.54, 1.807) is 13.1 Å². The quantitative estimate of drug-likeness (QED) is 0.884. The van der Waals surface area contributed by atoms with Gasteiger partial charge in [-0.1, -0.05) is 35.5 Å². The van der Waals surface area contributed by atoms with Crippen molar-refractivity contribution in [2.75, 3.05) is 13.6 Å². The number of hydrogen-bond donors (Lipinski definition) is 1. The van der Waals surface area contributed by atoms with Crippen LogP contribution in [-0.2, 0) is 10.4 Å². The smallest absolute Gasteiger partial charge is 0.262 e. The molecule has 98 valence electrons. The number of carbonyl (C=O) groups excluding carboxylic acids is 1. The number of likely N-dealkylation sites (N-methyl/N-ethyl adjacent to an activating group) is 1. The summed E-state index contributed by atoms with van der Waals surface area (Å²) >= 11 is 0. The third kappa shape index (κ3) is 1.82. The molecule has 19 heavy (non-hydrogen) atoms. The summed E-state index contributed by atoms with van der Waals surface area (Å²) in [6.07, 6.45) is 0.325. The van der Waals surface area contributed by atoms with Crippen molar-refractivity contribution in [3.05, 3.63) is 42.2 Å². The van der Waals surface area contributed by atoms with Crippen molar-refractivity contribution in [3.8, 4) is 11.3 Å². The third-order valence-corrected chi connectivity index (χ3v) is 3.50. The molecule has 5 nitrogen and oxygen atoms in total. The number of carbonyl (C=O) groups is 1. The first-order valence-corrected chi connectivity index (χ1v) is 6.12. The fourth-order valence-electron chi connectivity index (χ4n) is 2.30. The van der Waals surface area contributed by atoms with E-state index in [0.717, 1.165) is 5.56 Å². The average Bonchev–Trinajstić information content (AvgIpc) is 3.03. The summed E-state index contributed by atoms with van der Waals surface area (Å²) < 4.78 is 5.18. The van der Waals surface area contributed by atoms with Crippen molar-refractivity contribution in [3.63, 3.8) is 0 Å². The second kappa shape index (κ2) is 4.20. The van der Waals surface area contributed by atoms with Crippen LogP contribution in [-0.4, -0.2) is 34.7 Å². The summed E-state index contributed by atoms with van der Waals surface area (Å²) in [4.78, 5) is 13.5. The summed E-state index contributed by atoms with van der Waals surface area (Å²) in [5.41, 5.74) is -0.0688. The van der Waals surface area contributed by atoms with Gasteiger partial charge in [0.2, 0.25) is 5.60 Å². The lowest BCUT2D eigenvalue weighted by Crippen LogP contribution is -2.35. The van der Waals surface area contributed by atoms with Gasteiger partial charge in [0.05, 0.1) is 0 Å². The van der Waals surface area contributed by atoms with E-state index in [2.05, 4.69) is 5.16 Å². The number of aromatic nitrogens is 1. The maximum absolute atomic E-state index is 12.0. The lowest BCUT2D eigenvalue weighted by atomic mass is 9.98. The highest BCUT2D eigenvalue weighted by Crippen LogP contribution is 2.34. The Kier molecular flexibility index (Phi) is 2.64. The van der Waals surface area contributed by atoms with E-state index in [4.69, 9.17) is 4.52 Å². The van der Waals surface area contributed by atoms with Crippen LogP contribution in [0.2, 0.25) is 0 Å². The SMILES string of the molecule is CN1CC[C@@](O)(c2cc(-c3ccccc3)no2)C1=O. The number of hydrogen-bond acceptors (Lipinski definition) is 4. The van der Waals surface area contributed by atoms with Gasteiger partial charge in [0.1, 0.15) is 5.69 Å². The molecule has 1 N–H and O–H groups in total. The van der Waals surface area contributed by atoms with Crippen LogP contribution in [0.4, 0.5) is 0 Å². The standard InChI is InChI=1S/C14H14N2O3/c1-16-8-7-14(18,13(16)17)12-9-11(15-19-12)10-5-3-2-4-6-10/h2-6,9,18H,7-8H2,1H3/t14-/m1/s1. The van der Waals surface area contributed by atoms with Crippen LogP contribution in [0.3, 0.4) is 0 Å². The van der Waals surface area contributed by atoms with Gasteiger partial charge < -0.3 is 14.5 Å². The summed E-state index contributed by atoms with van der Waals surface area (Å²) in [6, 6.07) is 11.1. The predicted molar refractivity (Wildman–Crippen MR) is 68.1 cm³/mol. The second-order valence-corrected chi connectivity index (χ2v) is 4.78. The topological polar surface area (TPSA) is 66.6 Å². The van der Waals surface area contributed by atoms with Crippen LogP contribution in [0.5, 0.6) is 0 Å². The molecule has 1 saturated heterocycles. The Morgan fingerprint density at radius 3 is 2.74 bits per heavy atom. The highest BCUT2D eigenvalue weighted by Gasteiger charge is 2.48. The minimum absolute atomic E-state index is 0.209. The van der Waals surface area contributed by atoms with Crippen LogP contribution in [0, 0.1) is 0 Å². The van der Waals surface area contributed by atoms with E-state index in [1.807, 2.05) is 30.3 Å². The van der Waals surface area contributed by atoms with Crippen LogP contribution in [0.1, 0.15) is 12.2 Å². The Bertz CT molecular complexity index is 608. The molecule has 2 aromatic rings. The molecule has 3 rings (SSSR count). The zero-order chi connectivity index (χ0) is 13.5. The zero-order valence-electron chi connectivity index (χ0n) is 10.5. The van der Waals surface area contributed by atoms with Crippen LogP contribution < -0.4 is 0 Å². The van der Waals surface area contributed by atoms with E-state index >= 15 is 0 Å². The molecule has 2 heterocycles. The van der Waals surface area contributed by atoms with Crippen LogP contribution in [0.15, 0.2) is 40.9 Å². The van der Waals surface area contributed by atoms with Gasteiger partial charge in [-0.05, 0) is 0 Å².